The Morgan fingerprint density at radius 2 is 1.83 bits per heavy atom. The Hall–Kier alpha value is -3.09. The van der Waals surface area contributed by atoms with Crippen LogP contribution < -0.4 is 10.8 Å². The molecule has 1 aromatic carbocycles. The van der Waals surface area contributed by atoms with Crippen molar-refractivity contribution in [2.24, 2.45) is 5.92 Å². The van der Waals surface area contributed by atoms with Crippen LogP contribution in [-0.2, 0) is 25.4 Å². The Labute approximate surface area is 247 Å². The van der Waals surface area contributed by atoms with Crippen LogP contribution in [0.15, 0.2) is 41.0 Å². The molecule has 10 nitrogen and oxygen atoms in total. The Kier molecular flexibility index (Phi) is 6.86. The van der Waals surface area contributed by atoms with E-state index in [1.807, 2.05) is 45.9 Å². The fourth-order valence-electron chi connectivity index (χ4n) is 6.28. The van der Waals surface area contributed by atoms with Gasteiger partial charge in [0.05, 0.1) is 16.7 Å². The SMILES string of the molecule is CC(=O)c1nn(CC(=O)N2C3CCC(C3)C2C(=O)Nc2cccc(Br)n2)c2ccc(B3OC(C)(C)C(C)(C)O3)cc12. The lowest BCUT2D eigenvalue weighted by Gasteiger charge is -2.34. The Bertz CT molecular complexity index is 1560. The summed E-state index contributed by atoms with van der Waals surface area (Å²) in [6, 6.07) is 10.3. The van der Waals surface area contributed by atoms with E-state index in [-0.39, 0.29) is 41.8 Å². The Morgan fingerprint density at radius 3 is 2.51 bits per heavy atom. The van der Waals surface area contributed by atoms with E-state index in [1.165, 1.54) is 6.92 Å². The number of carbonyl (C=O) groups excluding carboxylic acids is 3. The molecule has 6 rings (SSSR count). The quantitative estimate of drug-likeness (QED) is 0.253. The van der Waals surface area contributed by atoms with Crippen LogP contribution in [0.3, 0.4) is 0 Å². The standard InChI is InChI=1S/C29H33BBrN5O5/c1-16(37)25-20-14-18(30-40-28(2,3)29(4,5)41-30)10-12-21(20)35(34-25)15-24(38)36-19-11-9-17(13-19)26(36)27(39)33-23-8-6-7-22(31)32-23/h6-8,10,12,14,17,19,26H,9,11,13,15H2,1-5H3,(H,32,33,39). The summed E-state index contributed by atoms with van der Waals surface area (Å²) in [6.07, 6.45) is 2.57. The average molecular weight is 622 g/mol. The monoisotopic (exact) mass is 621 g/mol. The second kappa shape index (κ2) is 10.0. The van der Waals surface area contributed by atoms with Gasteiger partial charge < -0.3 is 19.5 Å². The van der Waals surface area contributed by atoms with Crippen molar-refractivity contribution in [3.63, 3.8) is 0 Å². The van der Waals surface area contributed by atoms with E-state index in [4.69, 9.17) is 9.31 Å². The van der Waals surface area contributed by atoms with Gasteiger partial charge in [-0.25, -0.2) is 4.98 Å². The number of rotatable bonds is 6. The van der Waals surface area contributed by atoms with E-state index in [9.17, 15) is 14.4 Å². The number of ketones is 1. The van der Waals surface area contributed by atoms with E-state index in [1.54, 1.807) is 27.8 Å². The molecule has 41 heavy (non-hydrogen) atoms. The molecule has 3 aromatic rings. The number of amides is 2. The number of likely N-dealkylation sites (tertiary alicyclic amines) is 1. The van der Waals surface area contributed by atoms with Crippen LogP contribution in [0.25, 0.3) is 10.9 Å². The number of halogens is 1. The van der Waals surface area contributed by atoms with Gasteiger partial charge in [0.2, 0.25) is 11.8 Å². The van der Waals surface area contributed by atoms with Gasteiger partial charge in [-0.15, -0.1) is 0 Å². The molecule has 1 N–H and O–H groups in total. The number of Topliss-reactive ketones (excluding diaryl/α,β-unsaturated/α-hetero) is 1. The molecule has 2 aromatic heterocycles. The highest BCUT2D eigenvalue weighted by molar-refractivity contribution is 9.10. The van der Waals surface area contributed by atoms with Crippen LogP contribution in [0.5, 0.6) is 0 Å². The summed E-state index contributed by atoms with van der Waals surface area (Å²) in [5, 5.41) is 8.08. The number of hydrogen-bond acceptors (Lipinski definition) is 7. The van der Waals surface area contributed by atoms with Gasteiger partial charge in [-0.3, -0.25) is 19.1 Å². The minimum absolute atomic E-state index is 0.00259. The minimum Gasteiger partial charge on any atom is -0.399 e. The zero-order valence-electron chi connectivity index (χ0n) is 23.8. The van der Waals surface area contributed by atoms with Crippen molar-refractivity contribution in [3.8, 4) is 0 Å². The molecule has 2 aliphatic heterocycles. The molecule has 3 unspecified atom stereocenters. The molecular formula is C29H33BBrN5O5. The van der Waals surface area contributed by atoms with Crippen molar-refractivity contribution in [2.75, 3.05) is 5.32 Å². The van der Waals surface area contributed by atoms with Gasteiger partial charge in [0.1, 0.15) is 28.7 Å². The number of hydrogen-bond donors (Lipinski definition) is 1. The first kappa shape index (κ1) is 28.1. The van der Waals surface area contributed by atoms with Crippen molar-refractivity contribution >= 4 is 62.8 Å². The highest BCUT2D eigenvalue weighted by atomic mass is 79.9. The summed E-state index contributed by atoms with van der Waals surface area (Å²) in [5.41, 5.74) is 0.714. The van der Waals surface area contributed by atoms with Crippen LogP contribution >= 0.6 is 15.9 Å². The number of fused-ring (bicyclic) bond motifs is 3. The summed E-state index contributed by atoms with van der Waals surface area (Å²) >= 11 is 3.33. The molecular weight excluding hydrogens is 589 g/mol. The first-order valence-electron chi connectivity index (χ1n) is 14.0. The smallest absolute Gasteiger partial charge is 0.399 e. The summed E-state index contributed by atoms with van der Waals surface area (Å²) in [7, 11) is -0.590. The third kappa shape index (κ3) is 4.89. The highest BCUT2D eigenvalue weighted by Crippen LogP contribution is 2.43. The predicted octanol–water partition coefficient (Wildman–Crippen LogP) is 3.71. The maximum absolute atomic E-state index is 13.8. The normalized spacial score (nSPS) is 24.3. The molecule has 3 atom stereocenters. The molecule has 214 valence electrons. The fourth-order valence-corrected chi connectivity index (χ4v) is 6.62. The van der Waals surface area contributed by atoms with Gasteiger partial charge in [-0.05, 0) is 92.5 Å². The van der Waals surface area contributed by atoms with Gasteiger partial charge in [0, 0.05) is 18.4 Å². The first-order chi connectivity index (χ1) is 19.3. The number of nitrogens with one attached hydrogen (secondary N) is 1. The number of nitrogens with zero attached hydrogens (tertiary/aromatic N) is 4. The number of anilines is 1. The Morgan fingerprint density at radius 1 is 1.10 bits per heavy atom. The summed E-state index contributed by atoms with van der Waals surface area (Å²) < 4.78 is 14.6. The molecule has 3 fully saturated rings. The van der Waals surface area contributed by atoms with Crippen LogP contribution in [-0.4, -0.2) is 67.7 Å². The third-order valence-electron chi connectivity index (χ3n) is 9.03. The van der Waals surface area contributed by atoms with E-state index >= 15 is 0 Å². The predicted molar refractivity (Wildman–Crippen MR) is 158 cm³/mol. The summed E-state index contributed by atoms with van der Waals surface area (Å²) in [6.45, 7) is 9.34. The number of piperidine rings is 1. The van der Waals surface area contributed by atoms with E-state index in [0.29, 0.717) is 21.3 Å². The lowest BCUT2D eigenvalue weighted by atomic mass is 9.78. The van der Waals surface area contributed by atoms with E-state index in [0.717, 1.165) is 24.7 Å². The number of benzene rings is 1. The van der Waals surface area contributed by atoms with E-state index < -0.39 is 24.4 Å². The third-order valence-corrected chi connectivity index (χ3v) is 9.47. The second-order valence-corrected chi connectivity index (χ2v) is 13.0. The molecule has 3 aliphatic rings. The maximum atomic E-state index is 13.8. The van der Waals surface area contributed by atoms with Gasteiger partial charge >= 0.3 is 7.12 Å². The Balaban J connectivity index is 1.27. The number of aromatic nitrogens is 3. The molecule has 1 aliphatic carbocycles. The minimum atomic E-state index is -0.590. The van der Waals surface area contributed by atoms with Gasteiger partial charge in [0.15, 0.2) is 5.78 Å². The number of carbonyl (C=O) groups is 3. The van der Waals surface area contributed by atoms with E-state index in [2.05, 4.69) is 31.3 Å². The molecule has 1 saturated carbocycles. The molecule has 2 saturated heterocycles. The lowest BCUT2D eigenvalue weighted by Crippen LogP contribution is -2.52. The topological polar surface area (TPSA) is 116 Å². The fraction of sp³-hybridized carbons (Fsp3) is 0.483. The van der Waals surface area contributed by atoms with Crippen molar-refractivity contribution < 1.29 is 23.7 Å². The lowest BCUT2D eigenvalue weighted by molar-refractivity contribution is -0.141. The second-order valence-electron chi connectivity index (χ2n) is 12.2. The molecule has 0 radical (unpaired) electrons. The average Bonchev–Trinajstić information content (AvgIpc) is 3.65. The molecule has 12 heteroatoms. The zero-order valence-corrected chi connectivity index (χ0v) is 25.4. The van der Waals surface area contributed by atoms with Crippen molar-refractivity contribution in [3.05, 3.63) is 46.7 Å². The van der Waals surface area contributed by atoms with Crippen LogP contribution in [0, 0.1) is 5.92 Å². The summed E-state index contributed by atoms with van der Waals surface area (Å²) in [5.74, 6) is -0.111. The summed E-state index contributed by atoms with van der Waals surface area (Å²) in [4.78, 5) is 45.8. The van der Waals surface area contributed by atoms with Crippen molar-refractivity contribution in [1.29, 1.82) is 0 Å². The van der Waals surface area contributed by atoms with Crippen LogP contribution in [0.2, 0.25) is 0 Å². The molecule has 0 spiro atoms. The van der Waals surface area contributed by atoms with Gasteiger partial charge in [0.25, 0.3) is 0 Å². The molecule has 2 amide bonds. The van der Waals surface area contributed by atoms with Gasteiger partial charge in [-0.2, -0.15) is 5.10 Å². The zero-order chi connectivity index (χ0) is 29.3. The van der Waals surface area contributed by atoms with Crippen molar-refractivity contribution in [2.45, 2.75) is 83.7 Å². The highest BCUT2D eigenvalue weighted by Gasteiger charge is 2.52. The van der Waals surface area contributed by atoms with Crippen molar-refractivity contribution in [1.82, 2.24) is 19.7 Å². The van der Waals surface area contributed by atoms with Crippen LogP contribution in [0.4, 0.5) is 5.82 Å². The molecule has 2 bridgehead atoms. The first-order valence-corrected chi connectivity index (χ1v) is 14.8. The largest absolute Gasteiger partial charge is 0.494 e. The number of pyridine rings is 1. The van der Waals surface area contributed by atoms with Gasteiger partial charge in [-0.1, -0.05) is 18.2 Å². The molecule has 4 heterocycles. The van der Waals surface area contributed by atoms with Crippen LogP contribution in [0.1, 0.15) is 64.4 Å². The maximum Gasteiger partial charge on any atom is 0.494 e.